The molecule has 15 heavy (non-hydrogen) atoms. The summed E-state index contributed by atoms with van der Waals surface area (Å²) in [5.41, 5.74) is 4.77. The molecule has 0 aliphatic carbocycles. The van der Waals surface area contributed by atoms with Gasteiger partial charge in [0.25, 0.3) is 0 Å². The summed E-state index contributed by atoms with van der Waals surface area (Å²) in [7, 11) is 0. The fourth-order valence-electron chi connectivity index (χ4n) is 0.757. The second-order valence-corrected chi connectivity index (χ2v) is 2.78. The summed E-state index contributed by atoms with van der Waals surface area (Å²) in [6.45, 7) is 0. The zero-order valence-electron chi connectivity index (χ0n) is 6.97. The lowest BCUT2D eigenvalue weighted by Crippen LogP contribution is -2.18. The van der Waals surface area contributed by atoms with Crippen molar-refractivity contribution >= 4 is 17.3 Å². The Morgan fingerprint density at radius 1 is 1.53 bits per heavy atom. The number of ether oxygens (including phenoxy) is 1. The van der Waals surface area contributed by atoms with Gasteiger partial charge in [-0.3, -0.25) is 0 Å². The Balaban J connectivity index is 3.15. The van der Waals surface area contributed by atoms with Crippen LogP contribution in [0.5, 0.6) is 5.88 Å². The Morgan fingerprint density at radius 2 is 2.13 bits per heavy atom. The molecule has 0 unspecified atom stereocenters. The second kappa shape index (κ2) is 3.82. The molecular weight excluding hydrogens is 235 g/mol. The molecule has 4 nitrogen and oxygen atoms in total. The molecule has 1 heterocycles. The van der Waals surface area contributed by atoms with Gasteiger partial charge in [0.15, 0.2) is 5.69 Å². The number of pyridine rings is 1. The van der Waals surface area contributed by atoms with E-state index in [1.807, 2.05) is 0 Å². The van der Waals surface area contributed by atoms with Gasteiger partial charge in [-0.05, 0) is 6.07 Å². The van der Waals surface area contributed by atoms with Crippen molar-refractivity contribution in [3.05, 3.63) is 16.8 Å². The molecule has 8 heteroatoms. The normalized spacial score (nSPS) is 10.9. The van der Waals surface area contributed by atoms with E-state index in [1.54, 1.807) is 0 Å². The van der Waals surface area contributed by atoms with Gasteiger partial charge in [-0.25, -0.2) is 0 Å². The molecule has 0 radical (unpaired) electrons. The smallest absolute Gasteiger partial charge is 0.396 e. The van der Waals surface area contributed by atoms with Crippen molar-refractivity contribution in [1.29, 1.82) is 5.26 Å². The quantitative estimate of drug-likeness (QED) is 0.812. The second-order valence-electron chi connectivity index (χ2n) is 2.37. The maximum absolute atomic E-state index is 11.8. The first-order chi connectivity index (χ1) is 6.83. The number of nitrogen functional groups attached to an aromatic ring is 1. The summed E-state index contributed by atoms with van der Waals surface area (Å²) in [5.74, 6) is -0.894. The van der Waals surface area contributed by atoms with E-state index < -0.39 is 17.3 Å². The van der Waals surface area contributed by atoms with E-state index in [2.05, 4.69) is 9.72 Å². The average Bonchev–Trinajstić information content (AvgIpc) is 2.07. The number of anilines is 1. The molecule has 80 valence electrons. The third kappa shape index (κ3) is 2.89. The highest BCUT2D eigenvalue weighted by molar-refractivity contribution is 6.32. The molecule has 0 amide bonds. The molecule has 0 aliphatic rings. The Morgan fingerprint density at radius 3 is 2.60 bits per heavy atom. The number of nitriles is 1. The third-order valence-electron chi connectivity index (χ3n) is 1.29. The van der Waals surface area contributed by atoms with Crippen LogP contribution in [-0.2, 0) is 0 Å². The number of hydrogen-bond acceptors (Lipinski definition) is 4. The average molecular weight is 238 g/mol. The van der Waals surface area contributed by atoms with Gasteiger partial charge in [-0.2, -0.15) is 10.2 Å². The number of nitrogens with zero attached hydrogens (tertiary/aromatic N) is 2. The van der Waals surface area contributed by atoms with Crippen LogP contribution in [-0.4, -0.2) is 11.3 Å². The van der Waals surface area contributed by atoms with Gasteiger partial charge >= 0.3 is 6.36 Å². The summed E-state index contributed by atoms with van der Waals surface area (Å²) >= 11 is 5.39. The van der Waals surface area contributed by atoms with Crippen molar-refractivity contribution in [3.8, 4) is 11.9 Å². The van der Waals surface area contributed by atoms with Crippen LogP contribution in [0.25, 0.3) is 0 Å². The van der Waals surface area contributed by atoms with E-state index in [1.165, 1.54) is 6.07 Å². The van der Waals surface area contributed by atoms with Crippen molar-refractivity contribution in [1.82, 2.24) is 4.98 Å². The van der Waals surface area contributed by atoms with Gasteiger partial charge in [0.1, 0.15) is 11.1 Å². The number of rotatable bonds is 1. The maximum Gasteiger partial charge on any atom is 0.574 e. The number of alkyl halides is 3. The molecule has 0 spiro atoms. The van der Waals surface area contributed by atoms with Crippen molar-refractivity contribution in [2.24, 2.45) is 0 Å². The molecular formula is C7H3ClF3N3O. The first kappa shape index (κ1) is 11.4. The van der Waals surface area contributed by atoms with Crippen LogP contribution in [0.15, 0.2) is 6.07 Å². The SMILES string of the molecule is N#Cc1nc(OC(F)(F)F)c(Cl)cc1N. The molecule has 0 saturated heterocycles. The fraction of sp³-hybridized carbons (Fsp3) is 0.143. The molecule has 0 fully saturated rings. The number of nitrogens with two attached hydrogens (primary N) is 1. The zero-order chi connectivity index (χ0) is 11.6. The van der Waals surface area contributed by atoms with Crippen molar-refractivity contribution in [3.63, 3.8) is 0 Å². The first-order valence-corrected chi connectivity index (χ1v) is 3.83. The number of hydrogen-bond donors (Lipinski definition) is 1. The lowest BCUT2D eigenvalue weighted by Gasteiger charge is -2.09. The highest BCUT2D eigenvalue weighted by Crippen LogP contribution is 2.30. The van der Waals surface area contributed by atoms with E-state index in [-0.39, 0.29) is 11.4 Å². The summed E-state index contributed by atoms with van der Waals surface area (Å²) in [5, 5.41) is 8.05. The third-order valence-corrected chi connectivity index (χ3v) is 1.56. The number of aromatic nitrogens is 1. The van der Waals surface area contributed by atoms with E-state index in [4.69, 9.17) is 22.6 Å². The summed E-state index contributed by atoms with van der Waals surface area (Å²) < 4.78 is 38.9. The maximum atomic E-state index is 11.8. The highest BCUT2D eigenvalue weighted by atomic mass is 35.5. The van der Waals surface area contributed by atoms with E-state index in [9.17, 15) is 13.2 Å². The van der Waals surface area contributed by atoms with Gasteiger partial charge in [-0.1, -0.05) is 11.6 Å². The largest absolute Gasteiger partial charge is 0.574 e. The zero-order valence-corrected chi connectivity index (χ0v) is 7.73. The molecule has 0 atom stereocenters. The van der Waals surface area contributed by atoms with Crippen molar-refractivity contribution in [2.75, 3.05) is 5.73 Å². The lowest BCUT2D eigenvalue weighted by atomic mass is 10.3. The Labute approximate surface area is 87.0 Å². The summed E-state index contributed by atoms with van der Waals surface area (Å²) in [4.78, 5) is 3.22. The number of halogens is 4. The van der Waals surface area contributed by atoms with Crippen molar-refractivity contribution in [2.45, 2.75) is 6.36 Å². The summed E-state index contributed by atoms with van der Waals surface area (Å²) in [6, 6.07) is 2.47. The van der Waals surface area contributed by atoms with Crippen LogP contribution in [0, 0.1) is 11.3 Å². The lowest BCUT2D eigenvalue weighted by molar-refractivity contribution is -0.276. The van der Waals surface area contributed by atoms with E-state index in [0.29, 0.717) is 0 Å². The molecule has 0 aliphatic heterocycles. The van der Waals surface area contributed by atoms with Gasteiger partial charge in [0, 0.05) is 0 Å². The van der Waals surface area contributed by atoms with Gasteiger partial charge in [0.05, 0.1) is 5.69 Å². The molecule has 0 saturated carbocycles. The first-order valence-electron chi connectivity index (χ1n) is 3.45. The van der Waals surface area contributed by atoms with Crippen LogP contribution in [0.2, 0.25) is 5.02 Å². The van der Waals surface area contributed by atoms with Crippen molar-refractivity contribution < 1.29 is 17.9 Å². The highest BCUT2D eigenvalue weighted by Gasteiger charge is 2.33. The minimum atomic E-state index is -4.92. The Kier molecular flexibility index (Phi) is 2.90. The predicted octanol–water partition coefficient (Wildman–Crippen LogP) is 2.09. The molecule has 1 aromatic rings. The molecule has 1 rings (SSSR count). The van der Waals surface area contributed by atoms with Crippen LogP contribution < -0.4 is 10.5 Å². The fourth-order valence-corrected chi connectivity index (χ4v) is 0.955. The summed E-state index contributed by atoms with van der Waals surface area (Å²) in [6.07, 6.45) is -4.92. The van der Waals surface area contributed by atoms with E-state index >= 15 is 0 Å². The van der Waals surface area contributed by atoms with Crippen LogP contribution in [0.4, 0.5) is 18.9 Å². The van der Waals surface area contributed by atoms with Crippen LogP contribution in [0.3, 0.4) is 0 Å². The monoisotopic (exact) mass is 237 g/mol. The van der Waals surface area contributed by atoms with Gasteiger partial charge in [0.2, 0.25) is 5.88 Å². The van der Waals surface area contributed by atoms with Gasteiger partial charge < -0.3 is 10.5 Å². The molecule has 0 aromatic carbocycles. The Bertz CT molecular complexity index is 427. The molecule has 2 N–H and O–H groups in total. The minimum Gasteiger partial charge on any atom is -0.396 e. The van der Waals surface area contributed by atoms with Gasteiger partial charge in [-0.15, -0.1) is 13.2 Å². The minimum absolute atomic E-state index is 0.114. The predicted molar refractivity (Wildman–Crippen MR) is 45.1 cm³/mol. The van der Waals surface area contributed by atoms with E-state index in [0.717, 1.165) is 6.07 Å². The topological polar surface area (TPSA) is 71.9 Å². The van der Waals surface area contributed by atoms with Crippen LogP contribution >= 0.6 is 11.6 Å². The Hall–Kier alpha value is -1.68. The van der Waals surface area contributed by atoms with Crippen LogP contribution in [0.1, 0.15) is 5.69 Å². The standard InChI is InChI=1S/C7H3ClF3N3O/c8-3-1-4(13)5(2-12)14-6(3)15-7(9,10)11/h1H,13H2. The molecule has 0 bridgehead atoms. The molecule has 1 aromatic heterocycles.